The van der Waals surface area contributed by atoms with Gasteiger partial charge in [0.05, 0.1) is 24.3 Å². The van der Waals surface area contributed by atoms with Crippen LogP contribution in [0, 0.1) is 6.92 Å². The van der Waals surface area contributed by atoms with Crippen molar-refractivity contribution in [1.29, 1.82) is 0 Å². The number of hydrogen-bond donors (Lipinski definition) is 1. The average molecular weight is 421 g/mol. The molecule has 0 spiro atoms. The van der Waals surface area contributed by atoms with Crippen molar-refractivity contribution in [1.82, 2.24) is 19.9 Å². The molecule has 2 bridgehead atoms. The van der Waals surface area contributed by atoms with E-state index in [2.05, 4.69) is 20.3 Å². The van der Waals surface area contributed by atoms with E-state index in [9.17, 15) is 18.0 Å². The van der Waals surface area contributed by atoms with Crippen LogP contribution in [0.3, 0.4) is 0 Å². The normalized spacial score (nSPS) is 23.0. The van der Waals surface area contributed by atoms with Gasteiger partial charge < -0.3 is 15.0 Å². The van der Waals surface area contributed by atoms with Crippen LogP contribution in [-0.4, -0.2) is 50.5 Å². The van der Waals surface area contributed by atoms with Gasteiger partial charge in [-0.1, -0.05) is 0 Å². The molecule has 2 fully saturated rings. The molecule has 2 aromatic rings. The maximum absolute atomic E-state index is 13.3. The van der Waals surface area contributed by atoms with Crippen LogP contribution in [-0.2, 0) is 6.18 Å². The molecule has 2 aliphatic heterocycles. The van der Waals surface area contributed by atoms with E-state index in [4.69, 9.17) is 4.74 Å². The van der Waals surface area contributed by atoms with Crippen molar-refractivity contribution in [3.05, 3.63) is 41.5 Å². The van der Waals surface area contributed by atoms with Crippen LogP contribution in [0.25, 0.3) is 0 Å². The van der Waals surface area contributed by atoms with Crippen LogP contribution in [0.1, 0.15) is 47.9 Å². The number of fused-ring (bicyclic) bond motifs is 2. The Labute approximate surface area is 171 Å². The largest absolute Gasteiger partial charge is 0.491 e. The number of nitrogens with one attached hydrogen (secondary N) is 1. The number of anilines is 1. The van der Waals surface area contributed by atoms with Crippen molar-refractivity contribution in [2.45, 2.75) is 57.4 Å². The molecule has 2 aliphatic rings. The van der Waals surface area contributed by atoms with Gasteiger partial charge in [-0.05, 0) is 45.2 Å². The first-order valence-electron chi connectivity index (χ1n) is 9.86. The number of carbonyl (C=O) groups excluding carboxylic acids is 1. The number of nitrogens with zero attached hydrogens (tertiary/aromatic N) is 4. The van der Waals surface area contributed by atoms with Gasteiger partial charge in [-0.2, -0.15) is 13.2 Å². The summed E-state index contributed by atoms with van der Waals surface area (Å²) >= 11 is 0. The molecule has 4 heterocycles. The zero-order valence-electron chi connectivity index (χ0n) is 16.6. The molecule has 160 valence electrons. The summed E-state index contributed by atoms with van der Waals surface area (Å²) in [6.07, 6.45) is -0.612. The van der Waals surface area contributed by atoms with Crippen LogP contribution < -0.4 is 10.1 Å². The molecule has 2 aromatic heterocycles. The highest BCUT2D eigenvalue weighted by molar-refractivity contribution is 5.96. The molecule has 4 rings (SSSR count). The number of pyridine rings is 1. The van der Waals surface area contributed by atoms with Crippen LogP contribution in [0.2, 0.25) is 0 Å². The minimum absolute atomic E-state index is 0.0336. The molecule has 3 unspecified atom stereocenters. The second-order valence-corrected chi connectivity index (χ2v) is 7.52. The van der Waals surface area contributed by atoms with E-state index in [0.29, 0.717) is 24.5 Å². The third kappa shape index (κ3) is 3.78. The Kier molecular flexibility index (Phi) is 5.25. The Morgan fingerprint density at radius 1 is 1.27 bits per heavy atom. The van der Waals surface area contributed by atoms with E-state index in [1.54, 1.807) is 12.1 Å². The van der Waals surface area contributed by atoms with Crippen molar-refractivity contribution >= 4 is 11.9 Å². The molecule has 0 saturated carbocycles. The topological polar surface area (TPSA) is 80.2 Å². The maximum Gasteiger partial charge on any atom is 0.419 e. The summed E-state index contributed by atoms with van der Waals surface area (Å²) in [4.78, 5) is 27.1. The summed E-state index contributed by atoms with van der Waals surface area (Å²) < 4.78 is 43.7. The fourth-order valence-electron chi connectivity index (χ4n) is 4.27. The Morgan fingerprint density at radius 3 is 2.67 bits per heavy atom. The molecular formula is C20H22F3N5O2. The van der Waals surface area contributed by atoms with E-state index >= 15 is 0 Å². The van der Waals surface area contributed by atoms with Crippen molar-refractivity contribution in [2.75, 3.05) is 11.9 Å². The third-order valence-electron chi connectivity index (χ3n) is 5.56. The summed E-state index contributed by atoms with van der Waals surface area (Å²) in [5, 5.41) is 3.10. The van der Waals surface area contributed by atoms with Gasteiger partial charge in [0.15, 0.2) is 11.4 Å². The SMILES string of the molecule is CCOc1ccc(C)nc1C(=O)N1C2CCC1C(Nc1ncc(C(F)(F)F)cn1)C2. The molecular weight excluding hydrogens is 399 g/mol. The second kappa shape index (κ2) is 7.73. The Hall–Kier alpha value is -2.91. The summed E-state index contributed by atoms with van der Waals surface area (Å²) in [5.74, 6) is 0.388. The number of aryl methyl sites for hydroxylation is 1. The summed E-state index contributed by atoms with van der Waals surface area (Å²) in [5.41, 5.74) is 0.119. The van der Waals surface area contributed by atoms with E-state index < -0.39 is 11.7 Å². The average Bonchev–Trinajstić information content (AvgIpc) is 3.26. The van der Waals surface area contributed by atoms with Crippen LogP contribution in [0.4, 0.5) is 19.1 Å². The third-order valence-corrected chi connectivity index (χ3v) is 5.56. The molecule has 3 atom stereocenters. The van der Waals surface area contributed by atoms with Crippen molar-refractivity contribution in [3.63, 3.8) is 0 Å². The van der Waals surface area contributed by atoms with Gasteiger partial charge in [0.2, 0.25) is 5.95 Å². The van der Waals surface area contributed by atoms with Crippen LogP contribution in [0.15, 0.2) is 24.5 Å². The van der Waals surface area contributed by atoms with Gasteiger partial charge in [0, 0.05) is 24.1 Å². The fraction of sp³-hybridized carbons (Fsp3) is 0.500. The number of amides is 1. The number of halogens is 3. The molecule has 2 saturated heterocycles. The smallest absolute Gasteiger partial charge is 0.419 e. The highest BCUT2D eigenvalue weighted by atomic mass is 19.4. The van der Waals surface area contributed by atoms with Gasteiger partial charge in [0.1, 0.15) is 0 Å². The lowest BCUT2D eigenvalue weighted by molar-refractivity contribution is -0.138. The van der Waals surface area contributed by atoms with E-state index in [1.165, 1.54) is 0 Å². The molecule has 7 nitrogen and oxygen atoms in total. The lowest BCUT2D eigenvalue weighted by Gasteiger charge is -2.25. The number of aromatic nitrogens is 3. The highest BCUT2D eigenvalue weighted by Crippen LogP contribution is 2.40. The van der Waals surface area contributed by atoms with E-state index in [0.717, 1.165) is 30.9 Å². The minimum Gasteiger partial charge on any atom is -0.491 e. The summed E-state index contributed by atoms with van der Waals surface area (Å²) in [6.45, 7) is 4.09. The van der Waals surface area contributed by atoms with E-state index in [-0.39, 0.29) is 30.0 Å². The predicted molar refractivity (Wildman–Crippen MR) is 102 cm³/mol. The number of ether oxygens (including phenoxy) is 1. The Morgan fingerprint density at radius 2 is 2.00 bits per heavy atom. The van der Waals surface area contributed by atoms with Crippen LogP contribution in [0.5, 0.6) is 5.75 Å². The van der Waals surface area contributed by atoms with Crippen LogP contribution >= 0.6 is 0 Å². The van der Waals surface area contributed by atoms with Gasteiger partial charge in [-0.3, -0.25) is 4.79 Å². The predicted octanol–water partition coefficient (Wildman–Crippen LogP) is 3.46. The van der Waals surface area contributed by atoms with Crippen molar-refractivity contribution < 1.29 is 22.7 Å². The van der Waals surface area contributed by atoms with Gasteiger partial charge in [0.25, 0.3) is 5.91 Å². The minimum atomic E-state index is -4.48. The number of carbonyl (C=O) groups is 1. The van der Waals surface area contributed by atoms with Crippen molar-refractivity contribution in [3.8, 4) is 5.75 Å². The Balaban J connectivity index is 1.52. The highest BCUT2D eigenvalue weighted by Gasteiger charge is 2.49. The van der Waals surface area contributed by atoms with Gasteiger partial charge >= 0.3 is 6.18 Å². The van der Waals surface area contributed by atoms with Gasteiger partial charge in [-0.25, -0.2) is 15.0 Å². The monoisotopic (exact) mass is 421 g/mol. The first-order chi connectivity index (χ1) is 14.3. The first-order valence-corrected chi connectivity index (χ1v) is 9.86. The van der Waals surface area contributed by atoms with Gasteiger partial charge in [-0.15, -0.1) is 0 Å². The standard InChI is InChI=1S/C20H22F3N5O2/c1-3-30-16-7-4-11(2)26-17(16)18(29)28-13-5-6-15(28)14(8-13)27-19-24-9-12(10-25-19)20(21,22)23/h4,7,9-10,13-15H,3,5-6,8H2,1-2H3,(H,24,25,27). The summed E-state index contributed by atoms with van der Waals surface area (Å²) in [6, 6.07) is 3.34. The first kappa shape index (κ1) is 20.4. The Bertz CT molecular complexity index is 935. The zero-order chi connectivity index (χ0) is 21.5. The molecule has 10 heteroatoms. The number of rotatable bonds is 5. The maximum atomic E-state index is 13.3. The number of hydrogen-bond acceptors (Lipinski definition) is 6. The lowest BCUT2D eigenvalue weighted by Crippen LogP contribution is -2.40. The lowest BCUT2D eigenvalue weighted by atomic mass is 9.96. The molecule has 0 aliphatic carbocycles. The van der Waals surface area contributed by atoms with Crippen molar-refractivity contribution in [2.24, 2.45) is 0 Å². The number of alkyl halides is 3. The molecule has 0 aromatic carbocycles. The molecule has 1 amide bonds. The molecule has 1 N–H and O–H groups in total. The summed E-state index contributed by atoms with van der Waals surface area (Å²) in [7, 11) is 0. The quantitative estimate of drug-likeness (QED) is 0.797. The fourth-order valence-corrected chi connectivity index (χ4v) is 4.27. The molecule has 0 radical (unpaired) electrons. The molecule has 30 heavy (non-hydrogen) atoms. The second-order valence-electron chi connectivity index (χ2n) is 7.52. The zero-order valence-corrected chi connectivity index (χ0v) is 16.6. The van der Waals surface area contributed by atoms with E-state index in [1.807, 2.05) is 18.7 Å².